The van der Waals surface area contributed by atoms with Gasteiger partial charge in [-0.25, -0.2) is 4.79 Å². The third-order valence-electron chi connectivity index (χ3n) is 1.07. The molecule has 1 rings (SSSR count). The van der Waals surface area contributed by atoms with E-state index in [1.165, 1.54) is 6.08 Å². The number of allylic oxidation sites excluding steroid dienone is 2. The Kier molecular flexibility index (Phi) is 1.97. The molecular formula is C6H6ClNO2. The highest BCUT2D eigenvalue weighted by Crippen LogP contribution is 2.04. The summed E-state index contributed by atoms with van der Waals surface area (Å²) in [6.07, 6.45) is 4.73. The van der Waals surface area contributed by atoms with Crippen molar-refractivity contribution in [3.63, 3.8) is 0 Å². The van der Waals surface area contributed by atoms with Gasteiger partial charge in [0.15, 0.2) is 0 Å². The fourth-order valence-corrected chi connectivity index (χ4v) is 0.829. The Hall–Kier alpha value is -0.960. The molecule has 0 aromatic heterocycles. The highest BCUT2D eigenvalue weighted by Gasteiger charge is 2.11. The molecule has 4 heteroatoms. The maximum absolute atomic E-state index is 10.3. The Balaban J connectivity index is 2.71. The molecule has 54 valence electrons. The first-order chi connectivity index (χ1) is 4.70. The average Bonchev–Trinajstić information content (AvgIpc) is 1.88. The summed E-state index contributed by atoms with van der Waals surface area (Å²) in [6, 6.07) is 0. The third kappa shape index (κ3) is 1.51. The summed E-state index contributed by atoms with van der Waals surface area (Å²) in [5.41, 5.74) is -0.279. The van der Waals surface area contributed by atoms with E-state index in [2.05, 4.69) is 5.32 Å². The molecule has 0 bridgehead atoms. The number of carbonyl (C=O) groups is 1. The van der Waals surface area contributed by atoms with E-state index in [1.807, 2.05) is 0 Å². The highest BCUT2D eigenvalue weighted by atomic mass is 35.5. The van der Waals surface area contributed by atoms with E-state index in [0.717, 1.165) is 0 Å². The third-order valence-corrected chi connectivity index (χ3v) is 1.32. The van der Waals surface area contributed by atoms with Crippen LogP contribution in [0.15, 0.2) is 23.9 Å². The van der Waals surface area contributed by atoms with Crippen LogP contribution in [-0.4, -0.2) is 16.6 Å². The van der Waals surface area contributed by atoms with Crippen molar-refractivity contribution in [1.82, 2.24) is 5.32 Å². The quantitative estimate of drug-likeness (QED) is 0.437. The van der Waals surface area contributed by atoms with Crippen LogP contribution in [0.5, 0.6) is 0 Å². The van der Waals surface area contributed by atoms with Crippen molar-refractivity contribution in [2.45, 2.75) is 5.50 Å². The zero-order valence-electron chi connectivity index (χ0n) is 5.04. The van der Waals surface area contributed by atoms with E-state index in [1.54, 1.807) is 12.2 Å². The number of carboxylic acid groups (broad SMARTS) is 1. The van der Waals surface area contributed by atoms with Crippen LogP contribution in [0.3, 0.4) is 0 Å². The second-order valence-electron chi connectivity index (χ2n) is 1.82. The summed E-state index contributed by atoms with van der Waals surface area (Å²) in [7, 11) is 0. The Morgan fingerprint density at radius 2 is 2.50 bits per heavy atom. The number of rotatable bonds is 1. The average molecular weight is 160 g/mol. The van der Waals surface area contributed by atoms with Crippen LogP contribution in [0.1, 0.15) is 0 Å². The van der Waals surface area contributed by atoms with Gasteiger partial charge in [-0.2, -0.15) is 0 Å². The maximum atomic E-state index is 10.3. The summed E-state index contributed by atoms with van der Waals surface area (Å²) in [4.78, 5) is 10.3. The van der Waals surface area contributed by atoms with Gasteiger partial charge in [0.1, 0.15) is 11.2 Å². The molecule has 10 heavy (non-hydrogen) atoms. The minimum atomic E-state index is -0.991. The first kappa shape index (κ1) is 7.15. The minimum Gasteiger partial charge on any atom is -0.477 e. The lowest BCUT2D eigenvalue weighted by molar-refractivity contribution is -0.133. The lowest BCUT2D eigenvalue weighted by atomic mass is 10.3. The summed E-state index contributed by atoms with van der Waals surface area (Å²) in [6.45, 7) is 0. The predicted molar refractivity (Wildman–Crippen MR) is 37.6 cm³/mol. The largest absolute Gasteiger partial charge is 0.477 e. The van der Waals surface area contributed by atoms with Crippen LogP contribution < -0.4 is 5.32 Å². The van der Waals surface area contributed by atoms with Crippen molar-refractivity contribution < 1.29 is 9.90 Å². The van der Waals surface area contributed by atoms with Crippen molar-refractivity contribution >= 4 is 17.6 Å². The SMILES string of the molecule is O=C(O)C1=CC=CC(Cl)N1. The van der Waals surface area contributed by atoms with Crippen LogP contribution in [0, 0.1) is 0 Å². The Morgan fingerprint density at radius 3 is 2.90 bits per heavy atom. The van der Waals surface area contributed by atoms with E-state index in [-0.39, 0.29) is 5.70 Å². The standard InChI is InChI=1S/C6H6ClNO2/c7-5-3-1-2-4(8-5)6(9)10/h1-3,5,8H,(H,9,10). The number of aliphatic carboxylic acids is 1. The van der Waals surface area contributed by atoms with Crippen LogP contribution >= 0.6 is 11.6 Å². The molecule has 0 saturated heterocycles. The van der Waals surface area contributed by atoms with Gasteiger partial charge >= 0.3 is 5.97 Å². The van der Waals surface area contributed by atoms with Gasteiger partial charge in [0.25, 0.3) is 0 Å². The molecule has 0 radical (unpaired) electrons. The summed E-state index contributed by atoms with van der Waals surface area (Å²) in [5, 5.41) is 11.0. The molecule has 0 saturated carbocycles. The van der Waals surface area contributed by atoms with Gasteiger partial charge in [-0.05, 0) is 12.2 Å². The van der Waals surface area contributed by atoms with Gasteiger partial charge in [-0.15, -0.1) is 0 Å². The monoisotopic (exact) mass is 159 g/mol. The first-order valence-electron chi connectivity index (χ1n) is 2.72. The first-order valence-corrected chi connectivity index (χ1v) is 3.16. The van der Waals surface area contributed by atoms with Crippen LogP contribution in [0.4, 0.5) is 0 Å². The molecule has 1 aliphatic rings. The van der Waals surface area contributed by atoms with E-state index in [9.17, 15) is 4.79 Å². The molecule has 0 spiro atoms. The summed E-state index contributed by atoms with van der Waals surface area (Å²) >= 11 is 5.55. The number of nitrogens with one attached hydrogen (secondary N) is 1. The number of carboxylic acids is 1. The normalized spacial score (nSPS) is 23.3. The van der Waals surface area contributed by atoms with E-state index in [4.69, 9.17) is 16.7 Å². The number of dihydropyridines is 1. The van der Waals surface area contributed by atoms with E-state index in [0.29, 0.717) is 0 Å². The molecule has 3 nitrogen and oxygen atoms in total. The molecule has 0 aromatic rings. The van der Waals surface area contributed by atoms with E-state index >= 15 is 0 Å². The summed E-state index contributed by atoms with van der Waals surface area (Å²) in [5.74, 6) is -0.991. The number of alkyl halides is 1. The molecule has 0 aromatic carbocycles. The van der Waals surface area contributed by atoms with Crippen molar-refractivity contribution in [1.29, 1.82) is 0 Å². The van der Waals surface area contributed by atoms with Crippen LogP contribution in [0.25, 0.3) is 0 Å². The van der Waals surface area contributed by atoms with E-state index < -0.39 is 11.5 Å². The molecule has 1 atom stereocenters. The zero-order chi connectivity index (χ0) is 7.56. The number of hydrogen-bond acceptors (Lipinski definition) is 2. The van der Waals surface area contributed by atoms with Crippen molar-refractivity contribution in [3.05, 3.63) is 23.9 Å². The molecule has 0 amide bonds. The minimum absolute atomic E-state index is 0.127. The van der Waals surface area contributed by atoms with Crippen LogP contribution in [0.2, 0.25) is 0 Å². The van der Waals surface area contributed by atoms with Gasteiger partial charge in [0.2, 0.25) is 0 Å². The number of halogens is 1. The lowest BCUT2D eigenvalue weighted by Gasteiger charge is -2.12. The second kappa shape index (κ2) is 2.75. The molecule has 1 aliphatic heterocycles. The second-order valence-corrected chi connectivity index (χ2v) is 2.29. The fraction of sp³-hybridized carbons (Fsp3) is 0.167. The Morgan fingerprint density at radius 1 is 1.80 bits per heavy atom. The van der Waals surface area contributed by atoms with Crippen LogP contribution in [-0.2, 0) is 4.79 Å². The molecule has 2 N–H and O–H groups in total. The summed E-state index contributed by atoms with van der Waals surface area (Å²) < 4.78 is 0. The maximum Gasteiger partial charge on any atom is 0.352 e. The topological polar surface area (TPSA) is 49.3 Å². The molecular weight excluding hydrogens is 154 g/mol. The van der Waals surface area contributed by atoms with Gasteiger partial charge in [-0.1, -0.05) is 17.7 Å². The highest BCUT2D eigenvalue weighted by molar-refractivity contribution is 6.22. The number of hydrogen-bond donors (Lipinski definition) is 2. The molecule has 0 fully saturated rings. The molecule has 1 heterocycles. The lowest BCUT2D eigenvalue weighted by Crippen LogP contribution is -2.27. The van der Waals surface area contributed by atoms with Gasteiger partial charge in [-0.3, -0.25) is 0 Å². The van der Waals surface area contributed by atoms with Crippen molar-refractivity contribution in [2.75, 3.05) is 0 Å². The van der Waals surface area contributed by atoms with Gasteiger partial charge < -0.3 is 10.4 Å². The Labute approximate surface area is 63.0 Å². The molecule has 0 aliphatic carbocycles. The van der Waals surface area contributed by atoms with Crippen molar-refractivity contribution in [2.24, 2.45) is 0 Å². The molecule has 1 unspecified atom stereocenters. The van der Waals surface area contributed by atoms with Gasteiger partial charge in [0.05, 0.1) is 0 Å². The zero-order valence-corrected chi connectivity index (χ0v) is 5.80. The predicted octanol–water partition coefficient (Wildman–Crippen LogP) is 0.679. The van der Waals surface area contributed by atoms with Crippen molar-refractivity contribution in [3.8, 4) is 0 Å². The fourth-order valence-electron chi connectivity index (χ4n) is 0.627. The smallest absolute Gasteiger partial charge is 0.352 e. The Bertz CT molecular complexity index is 210. The van der Waals surface area contributed by atoms with Gasteiger partial charge in [0, 0.05) is 0 Å².